The molecule has 0 aromatic carbocycles. The lowest BCUT2D eigenvalue weighted by atomic mass is 9.89. The van der Waals surface area contributed by atoms with Gasteiger partial charge in [0.25, 0.3) is 0 Å². The monoisotopic (exact) mass is 271 g/mol. The van der Waals surface area contributed by atoms with Crippen LogP contribution in [0.15, 0.2) is 0 Å². The Hall–Kier alpha value is -1.26. The molecule has 19 heavy (non-hydrogen) atoms. The maximum absolute atomic E-state index is 11.8. The first-order valence-corrected chi connectivity index (χ1v) is 6.74. The predicted molar refractivity (Wildman–Crippen MR) is 68.9 cm³/mol. The minimum Gasteiger partial charge on any atom is -0.428 e. The molecule has 0 saturated heterocycles. The van der Waals surface area contributed by atoms with Crippen molar-refractivity contribution in [1.82, 2.24) is 0 Å². The van der Waals surface area contributed by atoms with E-state index in [2.05, 4.69) is 0 Å². The average Bonchev–Trinajstić information content (AvgIpc) is 2.27. The second kappa shape index (κ2) is 6.78. The molecular formula is C14H23O5. The molecule has 0 amide bonds. The summed E-state index contributed by atoms with van der Waals surface area (Å²) in [5, 5.41) is 0. The van der Waals surface area contributed by atoms with Crippen LogP contribution in [-0.2, 0) is 19.0 Å². The van der Waals surface area contributed by atoms with Crippen molar-refractivity contribution in [2.45, 2.75) is 65.4 Å². The molecule has 1 aliphatic rings. The standard InChI is InChI=1S/C14H23O5/c1-10(18-13(16)19-14(2,3)4)17-12(15)11-8-6-5-7-9-11/h11H,5-9H2,1-4H3. The molecule has 0 spiro atoms. The van der Waals surface area contributed by atoms with Crippen molar-refractivity contribution >= 4 is 12.1 Å². The number of hydrogen-bond acceptors (Lipinski definition) is 5. The zero-order chi connectivity index (χ0) is 14.5. The third kappa shape index (κ3) is 6.45. The van der Waals surface area contributed by atoms with E-state index in [1.807, 2.05) is 0 Å². The Morgan fingerprint density at radius 3 is 2.11 bits per heavy atom. The fourth-order valence-corrected chi connectivity index (χ4v) is 1.97. The minimum atomic E-state index is -0.860. The summed E-state index contributed by atoms with van der Waals surface area (Å²) in [6.45, 7) is 6.64. The van der Waals surface area contributed by atoms with Gasteiger partial charge in [-0.15, -0.1) is 0 Å². The van der Waals surface area contributed by atoms with E-state index in [4.69, 9.17) is 14.2 Å². The van der Waals surface area contributed by atoms with Crippen LogP contribution in [0.5, 0.6) is 0 Å². The summed E-state index contributed by atoms with van der Waals surface area (Å²) in [5.41, 5.74) is -0.634. The quantitative estimate of drug-likeness (QED) is 0.734. The van der Waals surface area contributed by atoms with E-state index in [0.717, 1.165) is 25.7 Å². The Balaban J connectivity index is 2.31. The predicted octanol–water partition coefficient (Wildman–Crippen LogP) is 3.57. The summed E-state index contributed by atoms with van der Waals surface area (Å²) in [6.07, 6.45) is 4.02. The second-order valence-electron chi connectivity index (χ2n) is 5.81. The first-order valence-electron chi connectivity index (χ1n) is 6.74. The summed E-state index contributed by atoms with van der Waals surface area (Å²) in [6, 6.07) is 0. The topological polar surface area (TPSA) is 61.8 Å². The average molecular weight is 271 g/mol. The van der Waals surface area contributed by atoms with Crippen LogP contribution >= 0.6 is 0 Å². The molecule has 5 heteroatoms. The molecule has 1 saturated carbocycles. The zero-order valence-electron chi connectivity index (χ0n) is 12.2. The smallest absolute Gasteiger partial charge is 0.428 e. The Kier molecular flexibility index (Phi) is 5.63. The van der Waals surface area contributed by atoms with Crippen LogP contribution in [0.4, 0.5) is 4.79 Å². The summed E-state index contributed by atoms with van der Waals surface area (Å²) in [5.74, 6) is -0.397. The molecule has 0 aromatic heterocycles. The van der Waals surface area contributed by atoms with Crippen LogP contribution in [0, 0.1) is 12.2 Å². The van der Waals surface area contributed by atoms with Gasteiger partial charge in [0.15, 0.2) is 0 Å². The van der Waals surface area contributed by atoms with Gasteiger partial charge in [0.2, 0.25) is 0 Å². The Labute approximate surface area is 114 Å². The van der Waals surface area contributed by atoms with Crippen molar-refractivity contribution in [2.75, 3.05) is 0 Å². The maximum Gasteiger partial charge on any atom is 0.512 e. The van der Waals surface area contributed by atoms with Gasteiger partial charge < -0.3 is 14.2 Å². The fraction of sp³-hybridized carbons (Fsp3) is 0.786. The van der Waals surface area contributed by atoms with Crippen LogP contribution < -0.4 is 0 Å². The van der Waals surface area contributed by atoms with Gasteiger partial charge in [0.05, 0.1) is 5.92 Å². The molecule has 1 radical (unpaired) electrons. The van der Waals surface area contributed by atoms with E-state index in [0.29, 0.717) is 0 Å². The molecule has 109 valence electrons. The molecule has 0 aromatic rings. The Bertz CT molecular complexity index is 312. The van der Waals surface area contributed by atoms with Crippen molar-refractivity contribution in [3.05, 3.63) is 6.29 Å². The fourth-order valence-electron chi connectivity index (χ4n) is 1.97. The molecule has 5 nitrogen and oxygen atoms in total. The lowest BCUT2D eigenvalue weighted by Crippen LogP contribution is -2.27. The van der Waals surface area contributed by atoms with Crippen LogP contribution in [0.3, 0.4) is 0 Å². The van der Waals surface area contributed by atoms with Crippen LogP contribution in [0.2, 0.25) is 0 Å². The molecule has 0 aliphatic heterocycles. The molecule has 0 N–H and O–H groups in total. The zero-order valence-corrected chi connectivity index (χ0v) is 12.2. The number of ether oxygens (including phenoxy) is 3. The lowest BCUT2D eigenvalue weighted by Gasteiger charge is -2.22. The van der Waals surface area contributed by atoms with Crippen molar-refractivity contribution in [1.29, 1.82) is 0 Å². The van der Waals surface area contributed by atoms with E-state index < -0.39 is 11.8 Å². The van der Waals surface area contributed by atoms with E-state index in [1.165, 1.54) is 13.3 Å². The summed E-state index contributed by atoms with van der Waals surface area (Å²) >= 11 is 0. The minimum absolute atomic E-state index is 0.0778. The Morgan fingerprint density at radius 2 is 1.58 bits per heavy atom. The van der Waals surface area contributed by atoms with Gasteiger partial charge in [-0.2, -0.15) is 0 Å². The molecule has 0 bridgehead atoms. The number of esters is 1. The number of carbonyl (C=O) groups is 2. The molecule has 1 aliphatic carbocycles. The van der Waals surface area contributed by atoms with E-state index in [9.17, 15) is 9.59 Å². The van der Waals surface area contributed by atoms with E-state index in [1.54, 1.807) is 20.8 Å². The summed E-state index contributed by atoms with van der Waals surface area (Å²) in [7, 11) is 0. The van der Waals surface area contributed by atoms with Gasteiger partial charge in [0, 0.05) is 6.92 Å². The SMILES string of the molecule is C[C](OC(=O)OC(C)(C)C)OC(=O)C1CCCCC1. The van der Waals surface area contributed by atoms with Gasteiger partial charge in [-0.3, -0.25) is 4.79 Å². The summed E-state index contributed by atoms with van der Waals surface area (Å²) < 4.78 is 14.8. The number of rotatable bonds is 3. The maximum atomic E-state index is 11.8. The molecule has 1 rings (SSSR count). The van der Waals surface area contributed by atoms with E-state index in [-0.39, 0.29) is 18.2 Å². The van der Waals surface area contributed by atoms with Crippen molar-refractivity contribution in [2.24, 2.45) is 5.92 Å². The third-order valence-corrected chi connectivity index (χ3v) is 2.80. The van der Waals surface area contributed by atoms with E-state index >= 15 is 0 Å². The van der Waals surface area contributed by atoms with Crippen molar-refractivity contribution in [3.8, 4) is 0 Å². The second-order valence-corrected chi connectivity index (χ2v) is 5.81. The highest BCUT2D eigenvalue weighted by molar-refractivity contribution is 5.73. The van der Waals surface area contributed by atoms with Gasteiger partial charge >= 0.3 is 18.4 Å². The third-order valence-electron chi connectivity index (χ3n) is 2.80. The van der Waals surface area contributed by atoms with Gasteiger partial charge in [0.1, 0.15) is 5.60 Å². The molecule has 0 heterocycles. The van der Waals surface area contributed by atoms with Gasteiger partial charge in [-0.1, -0.05) is 19.3 Å². The van der Waals surface area contributed by atoms with Gasteiger partial charge in [-0.25, -0.2) is 4.79 Å². The normalized spacial score (nSPS) is 17.1. The van der Waals surface area contributed by atoms with Crippen molar-refractivity contribution < 1.29 is 23.8 Å². The number of carbonyl (C=O) groups excluding carboxylic acids is 2. The lowest BCUT2D eigenvalue weighted by molar-refractivity contribution is -0.157. The van der Waals surface area contributed by atoms with Crippen molar-refractivity contribution in [3.63, 3.8) is 0 Å². The van der Waals surface area contributed by atoms with Crippen LogP contribution in [0.1, 0.15) is 59.8 Å². The highest BCUT2D eigenvalue weighted by Gasteiger charge is 2.27. The highest BCUT2D eigenvalue weighted by Crippen LogP contribution is 2.26. The molecule has 0 atom stereocenters. The van der Waals surface area contributed by atoms with Crippen LogP contribution in [-0.4, -0.2) is 17.7 Å². The number of hydrogen-bond donors (Lipinski definition) is 0. The largest absolute Gasteiger partial charge is 0.512 e. The molecule has 1 fully saturated rings. The molecular weight excluding hydrogens is 248 g/mol. The van der Waals surface area contributed by atoms with Gasteiger partial charge in [-0.05, 0) is 33.6 Å². The first kappa shape index (κ1) is 15.8. The first-order chi connectivity index (χ1) is 8.78. The Morgan fingerprint density at radius 1 is 1.00 bits per heavy atom. The summed E-state index contributed by atoms with van der Waals surface area (Å²) in [4.78, 5) is 23.2. The highest BCUT2D eigenvalue weighted by atomic mass is 16.8. The molecule has 0 unspecified atom stereocenters. The van der Waals surface area contributed by atoms with Crippen LogP contribution in [0.25, 0.3) is 0 Å².